The number of benzene rings is 2. The summed E-state index contributed by atoms with van der Waals surface area (Å²) in [5.41, 5.74) is 3.08. The number of nitrogens with one attached hydrogen (secondary N) is 1. The summed E-state index contributed by atoms with van der Waals surface area (Å²) in [5.74, 6) is 0.355. The first-order chi connectivity index (χ1) is 14.3. The van der Waals surface area contributed by atoms with Gasteiger partial charge in [-0.3, -0.25) is 9.59 Å². The summed E-state index contributed by atoms with van der Waals surface area (Å²) in [6.45, 7) is 10.1. The molecule has 0 heterocycles. The maximum Gasteiger partial charge on any atom is 0.261 e. The van der Waals surface area contributed by atoms with Gasteiger partial charge in [0.1, 0.15) is 11.8 Å². The molecule has 0 aliphatic rings. The average Bonchev–Trinajstić information content (AvgIpc) is 2.72. The van der Waals surface area contributed by atoms with Crippen molar-refractivity contribution < 1.29 is 14.3 Å². The second-order valence-corrected chi connectivity index (χ2v) is 7.81. The second-order valence-electron chi connectivity index (χ2n) is 7.81. The van der Waals surface area contributed by atoms with Gasteiger partial charge in [-0.2, -0.15) is 0 Å². The van der Waals surface area contributed by atoms with Crippen molar-refractivity contribution >= 4 is 11.8 Å². The van der Waals surface area contributed by atoms with Crippen LogP contribution in [0.15, 0.2) is 48.5 Å². The van der Waals surface area contributed by atoms with E-state index in [4.69, 9.17) is 4.74 Å². The molecule has 0 saturated carbocycles. The summed E-state index contributed by atoms with van der Waals surface area (Å²) in [6.07, 6.45) is 1.37. The summed E-state index contributed by atoms with van der Waals surface area (Å²) in [4.78, 5) is 27.8. The third kappa shape index (κ3) is 6.61. The van der Waals surface area contributed by atoms with Crippen LogP contribution in [-0.2, 0) is 16.1 Å². The third-order valence-corrected chi connectivity index (χ3v) is 5.27. The fourth-order valence-electron chi connectivity index (χ4n) is 3.31. The summed E-state index contributed by atoms with van der Waals surface area (Å²) >= 11 is 0. The first-order valence-corrected chi connectivity index (χ1v) is 10.7. The smallest absolute Gasteiger partial charge is 0.261 e. The summed E-state index contributed by atoms with van der Waals surface area (Å²) < 4.78 is 5.79. The molecule has 0 fully saturated rings. The summed E-state index contributed by atoms with van der Waals surface area (Å²) in [5, 5.41) is 3.02. The highest BCUT2D eigenvalue weighted by Gasteiger charge is 2.29. The van der Waals surface area contributed by atoms with Crippen LogP contribution < -0.4 is 10.1 Å². The van der Waals surface area contributed by atoms with E-state index < -0.39 is 6.04 Å². The summed E-state index contributed by atoms with van der Waals surface area (Å²) in [7, 11) is 0. The molecule has 0 radical (unpaired) electrons. The molecule has 5 nitrogen and oxygen atoms in total. The van der Waals surface area contributed by atoms with E-state index in [1.807, 2.05) is 83.1 Å². The molecule has 30 heavy (non-hydrogen) atoms. The monoisotopic (exact) mass is 410 g/mol. The minimum Gasteiger partial charge on any atom is -0.484 e. The van der Waals surface area contributed by atoms with Crippen LogP contribution in [0, 0.1) is 13.8 Å². The molecule has 2 atom stereocenters. The van der Waals surface area contributed by atoms with Crippen LogP contribution in [0.25, 0.3) is 0 Å². The molecule has 1 N–H and O–H groups in total. The number of aryl methyl sites for hydroxylation is 2. The van der Waals surface area contributed by atoms with Crippen LogP contribution in [-0.4, -0.2) is 35.4 Å². The number of carbonyl (C=O) groups excluding carboxylic acids is 2. The Balaban J connectivity index is 2.23. The van der Waals surface area contributed by atoms with E-state index >= 15 is 0 Å². The number of nitrogens with zero attached hydrogens (tertiary/aromatic N) is 1. The Kier molecular flexibility index (Phi) is 8.90. The van der Waals surface area contributed by atoms with Crippen molar-refractivity contribution in [2.24, 2.45) is 0 Å². The zero-order chi connectivity index (χ0) is 22.1. The van der Waals surface area contributed by atoms with Gasteiger partial charge in [-0.15, -0.1) is 0 Å². The van der Waals surface area contributed by atoms with E-state index in [2.05, 4.69) is 5.32 Å². The fourth-order valence-corrected chi connectivity index (χ4v) is 3.31. The molecule has 0 spiro atoms. The van der Waals surface area contributed by atoms with Crippen LogP contribution >= 0.6 is 0 Å². The van der Waals surface area contributed by atoms with E-state index in [0.717, 1.165) is 23.1 Å². The number of para-hydroxylation sites is 1. The molecule has 0 unspecified atom stereocenters. The molecule has 2 aromatic rings. The Morgan fingerprint density at radius 1 is 1.03 bits per heavy atom. The topological polar surface area (TPSA) is 58.6 Å². The second kappa shape index (κ2) is 11.4. The predicted octanol–water partition coefficient (Wildman–Crippen LogP) is 4.40. The Bertz CT molecular complexity index is 850. The minimum absolute atomic E-state index is 0.0608. The number of hydrogen-bond donors (Lipinski definition) is 1. The molecule has 2 amide bonds. The number of ether oxygens (including phenoxy) is 1. The van der Waals surface area contributed by atoms with Crippen molar-refractivity contribution in [1.29, 1.82) is 0 Å². The molecule has 0 bridgehead atoms. The molecule has 0 aromatic heterocycles. The highest BCUT2D eigenvalue weighted by atomic mass is 16.5. The van der Waals surface area contributed by atoms with Gasteiger partial charge in [-0.25, -0.2) is 0 Å². The third-order valence-electron chi connectivity index (χ3n) is 5.27. The lowest BCUT2D eigenvalue weighted by Crippen LogP contribution is -2.51. The average molecular weight is 411 g/mol. The van der Waals surface area contributed by atoms with Gasteiger partial charge in [0.05, 0.1) is 0 Å². The Morgan fingerprint density at radius 3 is 2.40 bits per heavy atom. The van der Waals surface area contributed by atoms with Crippen molar-refractivity contribution in [3.05, 3.63) is 65.2 Å². The largest absolute Gasteiger partial charge is 0.484 e. The van der Waals surface area contributed by atoms with Gasteiger partial charge in [0.2, 0.25) is 5.91 Å². The van der Waals surface area contributed by atoms with E-state index in [0.29, 0.717) is 18.7 Å². The predicted molar refractivity (Wildman–Crippen MR) is 120 cm³/mol. The Morgan fingerprint density at radius 2 is 1.77 bits per heavy atom. The number of hydrogen-bond acceptors (Lipinski definition) is 3. The molecule has 0 aliphatic carbocycles. The normalized spacial score (nSPS) is 12.7. The van der Waals surface area contributed by atoms with Crippen LogP contribution in [0.1, 0.15) is 50.3 Å². The Labute approximate surface area is 180 Å². The van der Waals surface area contributed by atoms with Gasteiger partial charge in [-0.1, -0.05) is 61.9 Å². The molecule has 2 rings (SSSR count). The molecule has 0 saturated heterocycles. The SMILES string of the molecule is CC[C@H](C(=O)N[C@@H](C)CC)N(Cc1cccc(C)c1)C(=O)COc1ccccc1C. The van der Waals surface area contributed by atoms with Gasteiger partial charge in [-0.05, 0) is 50.8 Å². The first-order valence-electron chi connectivity index (χ1n) is 10.7. The molecule has 2 aromatic carbocycles. The molecular weight excluding hydrogens is 376 g/mol. The lowest BCUT2D eigenvalue weighted by atomic mass is 10.1. The molecule has 162 valence electrons. The Hall–Kier alpha value is -2.82. The van der Waals surface area contributed by atoms with Crippen LogP contribution in [0.2, 0.25) is 0 Å². The number of amides is 2. The quantitative estimate of drug-likeness (QED) is 0.631. The maximum atomic E-state index is 13.2. The number of rotatable bonds is 10. The standard InChI is InChI=1S/C25H34N2O3/c1-6-20(5)26-25(29)22(7-2)27(16-21-13-10-11-18(3)15-21)24(28)17-30-23-14-9-8-12-19(23)4/h8-15,20,22H,6-7,16-17H2,1-5H3,(H,26,29)/t20-,22+/m0/s1. The van der Waals surface area contributed by atoms with E-state index in [9.17, 15) is 9.59 Å². The maximum absolute atomic E-state index is 13.2. The number of carbonyl (C=O) groups is 2. The summed E-state index contributed by atoms with van der Waals surface area (Å²) in [6, 6.07) is 15.1. The minimum atomic E-state index is -0.549. The molecule has 0 aliphatic heterocycles. The highest BCUT2D eigenvalue weighted by molar-refractivity contribution is 5.88. The van der Waals surface area contributed by atoms with Crippen LogP contribution in [0.5, 0.6) is 5.75 Å². The van der Waals surface area contributed by atoms with E-state index in [1.165, 1.54) is 0 Å². The van der Waals surface area contributed by atoms with Gasteiger partial charge >= 0.3 is 0 Å². The van der Waals surface area contributed by atoms with Crippen molar-refractivity contribution in [2.45, 2.75) is 66.1 Å². The zero-order valence-electron chi connectivity index (χ0n) is 18.8. The molecular formula is C25H34N2O3. The van der Waals surface area contributed by atoms with Crippen molar-refractivity contribution in [1.82, 2.24) is 10.2 Å². The van der Waals surface area contributed by atoms with Crippen molar-refractivity contribution in [2.75, 3.05) is 6.61 Å². The zero-order valence-corrected chi connectivity index (χ0v) is 18.8. The lowest BCUT2D eigenvalue weighted by Gasteiger charge is -2.31. The van der Waals surface area contributed by atoms with Crippen molar-refractivity contribution in [3.8, 4) is 5.75 Å². The first kappa shape index (κ1) is 23.5. The fraction of sp³-hybridized carbons (Fsp3) is 0.440. The van der Waals surface area contributed by atoms with Crippen LogP contribution in [0.3, 0.4) is 0 Å². The van der Waals surface area contributed by atoms with E-state index in [-0.39, 0.29) is 24.5 Å². The van der Waals surface area contributed by atoms with Gasteiger partial charge in [0.15, 0.2) is 6.61 Å². The van der Waals surface area contributed by atoms with Gasteiger partial charge in [0.25, 0.3) is 5.91 Å². The molecule has 5 heteroatoms. The highest BCUT2D eigenvalue weighted by Crippen LogP contribution is 2.18. The van der Waals surface area contributed by atoms with Crippen molar-refractivity contribution in [3.63, 3.8) is 0 Å². The van der Waals surface area contributed by atoms with E-state index in [1.54, 1.807) is 4.90 Å². The van der Waals surface area contributed by atoms with Gasteiger partial charge < -0.3 is 15.0 Å². The van der Waals surface area contributed by atoms with Gasteiger partial charge in [0, 0.05) is 12.6 Å². The lowest BCUT2D eigenvalue weighted by molar-refractivity contribution is -0.143. The van der Waals surface area contributed by atoms with Crippen LogP contribution in [0.4, 0.5) is 0 Å².